The number of aliphatic hydroxyl groups is 1. The molecule has 2 bridgehead atoms. The van der Waals surface area contributed by atoms with E-state index in [0.29, 0.717) is 41.4 Å². The fraction of sp³-hybridized carbons (Fsp3) is 0.458. The molecule has 0 radical (unpaired) electrons. The van der Waals surface area contributed by atoms with E-state index >= 15 is 0 Å². The number of aliphatic hydroxyl groups excluding tert-OH is 1. The van der Waals surface area contributed by atoms with E-state index in [-0.39, 0.29) is 54.2 Å². The Morgan fingerprint density at radius 1 is 1.29 bits per heavy atom. The summed E-state index contributed by atoms with van der Waals surface area (Å²) in [5, 5.41) is 25.6. The summed E-state index contributed by atoms with van der Waals surface area (Å²) in [5.74, 6) is -0.127. The molecule has 0 aromatic heterocycles. The lowest BCUT2D eigenvalue weighted by molar-refractivity contribution is 0.0784. The SMILES string of the molecule is CC1=N/C(=C2\CN(C(=O)c3ccc(F)cc3OC3CC4CC(O)C(C3)N4)CC2=N)NC(C)=C1Cl. The van der Waals surface area contributed by atoms with Gasteiger partial charge in [-0.2, -0.15) is 0 Å². The highest BCUT2D eigenvalue weighted by atomic mass is 35.5. The monoisotopic (exact) mass is 487 g/mol. The van der Waals surface area contributed by atoms with E-state index in [1.807, 2.05) is 6.92 Å². The van der Waals surface area contributed by atoms with Crippen LogP contribution in [0.1, 0.15) is 43.5 Å². The fourth-order valence-electron chi connectivity index (χ4n) is 5.12. The highest BCUT2D eigenvalue weighted by Gasteiger charge is 2.41. The van der Waals surface area contributed by atoms with Crippen molar-refractivity contribution in [2.24, 2.45) is 4.99 Å². The van der Waals surface area contributed by atoms with Crippen LogP contribution in [0.15, 0.2) is 45.3 Å². The molecule has 0 aliphatic carbocycles. The maximum atomic E-state index is 14.1. The van der Waals surface area contributed by atoms with Crippen LogP contribution in [0.5, 0.6) is 5.75 Å². The van der Waals surface area contributed by atoms with Crippen molar-refractivity contribution in [2.75, 3.05) is 13.1 Å². The number of likely N-dealkylation sites (tertiary alicyclic amines) is 1. The Hall–Kier alpha value is -2.75. The van der Waals surface area contributed by atoms with Gasteiger partial charge in [-0.15, -0.1) is 0 Å². The Balaban J connectivity index is 1.36. The van der Waals surface area contributed by atoms with Gasteiger partial charge in [0.15, 0.2) is 0 Å². The molecule has 1 amide bonds. The summed E-state index contributed by atoms with van der Waals surface area (Å²) in [6.45, 7) is 3.94. The van der Waals surface area contributed by atoms with Crippen molar-refractivity contribution in [1.82, 2.24) is 15.5 Å². The van der Waals surface area contributed by atoms with Crippen molar-refractivity contribution in [3.63, 3.8) is 0 Å². The number of hydrogen-bond donors (Lipinski definition) is 4. The average Bonchev–Trinajstić information content (AvgIpc) is 3.29. The van der Waals surface area contributed by atoms with Crippen LogP contribution in [0.4, 0.5) is 4.39 Å². The molecule has 0 spiro atoms. The maximum Gasteiger partial charge on any atom is 0.258 e. The number of nitrogens with one attached hydrogen (secondary N) is 3. The molecular formula is C24H27ClFN5O3. The van der Waals surface area contributed by atoms with E-state index < -0.39 is 11.9 Å². The predicted octanol–water partition coefficient (Wildman–Crippen LogP) is 2.68. The Morgan fingerprint density at radius 3 is 2.82 bits per heavy atom. The molecule has 4 aliphatic heterocycles. The van der Waals surface area contributed by atoms with Crippen molar-refractivity contribution < 1.29 is 19.0 Å². The Kier molecular flexibility index (Phi) is 5.95. The number of allylic oxidation sites excluding steroid dienone is 2. The normalized spacial score (nSPS) is 31.0. The van der Waals surface area contributed by atoms with Crippen LogP contribution < -0.4 is 15.4 Å². The number of rotatable bonds is 3. The van der Waals surface area contributed by atoms with Gasteiger partial charge in [0, 0.05) is 35.8 Å². The molecule has 1 aromatic rings. The summed E-state index contributed by atoms with van der Waals surface area (Å²) in [6, 6.07) is 4.00. The standard InChI is InChI=1S/C24H27ClFN5O3/c1-11-22(25)12(2)29-23(28-11)17-9-31(10-18(17)27)24(33)16-4-3-13(26)5-21(16)34-15-6-14-7-20(32)19(8-15)30-14/h3-5,14-15,19-20,27-28,30,32H,6-10H2,1-2H3/b23-17+,27-18?. The predicted molar refractivity (Wildman–Crippen MR) is 127 cm³/mol. The van der Waals surface area contributed by atoms with Gasteiger partial charge in [0.25, 0.3) is 5.91 Å². The van der Waals surface area contributed by atoms with Crippen LogP contribution in [0.25, 0.3) is 0 Å². The molecule has 4 atom stereocenters. The first-order chi connectivity index (χ1) is 16.2. The Labute approximate surface area is 202 Å². The molecular weight excluding hydrogens is 461 g/mol. The second-order valence-electron chi connectivity index (χ2n) is 9.35. The van der Waals surface area contributed by atoms with Crippen molar-refractivity contribution in [2.45, 2.75) is 57.4 Å². The van der Waals surface area contributed by atoms with Crippen molar-refractivity contribution >= 4 is 28.9 Å². The number of benzene rings is 1. The number of aliphatic imine (C=N–C) groups is 1. The van der Waals surface area contributed by atoms with Gasteiger partial charge in [-0.05, 0) is 38.8 Å². The lowest BCUT2D eigenvalue weighted by Crippen LogP contribution is -2.44. The van der Waals surface area contributed by atoms with Gasteiger partial charge in [0.1, 0.15) is 23.5 Å². The average molecular weight is 488 g/mol. The molecule has 5 rings (SSSR count). The van der Waals surface area contributed by atoms with E-state index in [2.05, 4.69) is 15.6 Å². The van der Waals surface area contributed by atoms with E-state index in [9.17, 15) is 14.3 Å². The fourth-order valence-corrected chi connectivity index (χ4v) is 5.21. The molecule has 4 unspecified atom stereocenters. The number of piperidine rings is 1. The molecule has 8 nitrogen and oxygen atoms in total. The molecule has 4 heterocycles. The molecule has 3 saturated heterocycles. The Morgan fingerprint density at radius 2 is 2.09 bits per heavy atom. The number of carbonyl (C=O) groups excluding carboxylic acids is 1. The van der Waals surface area contributed by atoms with Gasteiger partial charge in [-0.1, -0.05) is 11.6 Å². The molecule has 180 valence electrons. The van der Waals surface area contributed by atoms with E-state index in [4.69, 9.17) is 21.7 Å². The minimum absolute atomic E-state index is 0.0530. The smallest absolute Gasteiger partial charge is 0.258 e. The topological polar surface area (TPSA) is 110 Å². The zero-order valence-electron chi connectivity index (χ0n) is 19.0. The minimum Gasteiger partial charge on any atom is -0.489 e. The van der Waals surface area contributed by atoms with E-state index in [1.54, 1.807) is 6.92 Å². The number of nitrogens with zero attached hydrogens (tertiary/aromatic N) is 2. The highest BCUT2D eigenvalue weighted by Crippen LogP contribution is 2.33. The first-order valence-corrected chi connectivity index (χ1v) is 11.8. The third kappa shape index (κ3) is 4.23. The number of hydrogen-bond acceptors (Lipinski definition) is 7. The summed E-state index contributed by atoms with van der Waals surface area (Å²) in [4.78, 5) is 19.4. The van der Waals surface area contributed by atoms with Crippen molar-refractivity contribution in [1.29, 1.82) is 5.41 Å². The van der Waals surface area contributed by atoms with Crippen molar-refractivity contribution in [3.05, 3.63) is 51.7 Å². The molecule has 34 heavy (non-hydrogen) atoms. The molecule has 1 aromatic carbocycles. The van der Waals surface area contributed by atoms with Crippen LogP contribution in [-0.2, 0) is 0 Å². The van der Waals surface area contributed by atoms with Crippen LogP contribution in [0.3, 0.4) is 0 Å². The van der Waals surface area contributed by atoms with Gasteiger partial charge in [0.2, 0.25) is 0 Å². The number of carbonyl (C=O) groups is 1. The van der Waals surface area contributed by atoms with Crippen LogP contribution >= 0.6 is 11.6 Å². The summed E-state index contributed by atoms with van der Waals surface area (Å²) >= 11 is 6.21. The number of fused-ring (bicyclic) bond motifs is 2. The Bertz CT molecular complexity index is 1160. The van der Waals surface area contributed by atoms with Gasteiger partial charge in [-0.3, -0.25) is 4.79 Å². The summed E-state index contributed by atoms with van der Waals surface area (Å²) in [6.07, 6.45) is 1.30. The van der Waals surface area contributed by atoms with Gasteiger partial charge in [0.05, 0.1) is 41.2 Å². The van der Waals surface area contributed by atoms with Gasteiger partial charge in [-0.25, -0.2) is 9.38 Å². The summed E-state index contributed by atoms with van der Waals surface area (Å²) in [7, 11) is 0. The van der Waals surface area contributed by atoms with Crippen molar-refractivity contribution in [3.8, 4) is 5.75 Å². The quantitative estimate of drug-likeness (QED) is 0.524. The minimum atomic E-state index is -0.490. The highest BCUT2D eigenvalue weighted by molar-refractivity contribution is 6.43. The second-order valence-corrected chi connectivity index (χ2v) is 9.73. The lowest BCUT2D eigenvalue weighted by atomic mass is 10.0. The second kappa shape index (κ2) is 8.79. The number of amides is 1. The maximum absolute atomic E-state index is 14.1. The molecule has 3 fully saturated rings. The third-order valence-corrected chi connectivity index (χ3v) is 7.40. The first-order valence-electron chi connectivity index (χ1n) is 11.4. The molecule has 10 heteroatoms. The third-order valence-electron chi connectivity index (χ3n) is 6.84. The van der Waals surface area contributed by atoms with Crippen LogP contribution in [-0.4, -0.2) is 64.7 Å². The van der Waals surface area contributed by atoms with E-state index in [1.165, 1.54) is 23.1 Å². The molecule has 0 saturated carbocycles. The van der Waals surface area contributed by atoms with E-state index in [0.717, 1.165) is 5.70 Å². The molecule has 4 N–H and O–H groups in total. The first kappa shape index (κ1) is 23.0. The number of ether oxygens (including phenoxy) is 1. The van der Waals surface area contributed by atoms with Crippen LogP contribution in [0.2, 0.25) is 0 Å². The number of halogens is 2. The largest absolute Gasteiger partial charge is 0.489 e. The van der Waals surface area contributed by atoms with Gasteiger partial charge < -0.3 is 30.8 Å². The summed E-state index contributed by atoms with van der Waals surface area (Å²) < 4.78 is 20.2. The lowest BCUT2D eigenvalue weighted by Gasteiger charge is -2.30. The van der Waals surface area contributed by atoms with Crippen LogP contribution in [0, 0.1) is 11.2 Å². The summed E-state index contributed by atoms with van der Waals surface area (Å²) in [5.41, 5.74) is 2.54. The molecule has 4 aliphatic rings. The van der Waals surface area contributed by atoms with Gasteiger partial charge >= 0.3 is 0 Å². The zero-order valence-corrected chi connectivity index (χ0v) is 19.7. The zero-order chi connectivity index (χ0) is 24.1.